The Bertz CT molecular complexity index is 344. The van der Waals surface area contributed by atoms with E-state index in [4.69, 9.17) is 0 Å². The van der Waals surface area contributed by atoms with Crippen molar-refractivity contribution in [3.8, 4) is 0 Å². The summed E-state index contributed by atoms with van der Waals surface area (Å²) in [5.41, 5.74) is 2.98. The van der Waals surface area contributed by atoms with Crippen LogP contribution in [0.15, 0.2) is 23.3 Å². The molecule has 90 valence electrons. The van der Waals surface area contributed by atoms with Crippen LogP contribution in [0.3, 0.4) is 0 Å². The summed E-state index contributed by atoms with van der Waals surface area (Å²) in [6.07, 6.45) is 4.98. The van der Waals surface area contributed by atoms with Gasteiger partial charge in [-0.15, -0.1) is 0 Å². The highest BCUT2D eigenvalue weighted by atomic mass is 16.1. The molecule has 0 fully saturated rings. The topological polar surface area (TPSA) is 17.1 Å². The zero-order valence-electron chi connectivity index (χ0n) is 11.4. The third kappa shape index (κ3) is 2.45. The fourth-order valence-corrected chi connectivity index (χ4v) is 2.59. The van der Waals surface area contributed by atoms with Crippen molar-refractivity contribution < 1.29 is 4.79 Å². The second-order valence-electron chi connectivity index (χ2n) is 5.80. The molecule has 2 atom stereocenters. The van der Waals surface area contributed by atoms with Gasteiger partial charge in [-0.05, 0) is 49.2 Å². The van der Waals surface area contributed by atoms with Crippen LogP contribution < -0.4 is 0 Å². The Kier molecular flexibility index (Phi) is 3.77. The van der Waals surface area contributed by atoms with Crippen molar-refractivity contribution >= 4 is 5.78 Å². The highest BCUT2D eigenvalue weighted by Crippen LogP contribution is 2.46. The minimum Gasteiger partial charge on any atom is -0.295 e. The molecule has 0 aromatic rings. The van der Waals surface area contributed by atoms with Crippen LogP contribution >= 0.6 is 0 Å². The van der Waals surface area contributed by atoms with Crippen molar-refractivity contribution in [1.82, 2.24) is 0 Å². The molecule has 0 N–H and O–H groups in total. The van der Waals surface area contributed by atoms with Gasteiger partial charge >= 0.3 is 0 Å². The van der Waals surface area contributed by atoms with E-state index in [0.717, 1.165) is 0 Å². The molecule has 2 unspecified atom stereocenters. The van der Waals surface area contributed by atoms with Gasteiger partial charge in [0.2, 0.25) is 0 Å². The van der Waals surface area contributed by atoms with Crippen molar-refractivity contribution in [3.63, 3.8) is 0 Å². The molecule has 0 aromatic carbocycles. The van der Waals surface area contributed by atoms with E-state index in [0.29, 0.717) is 11.8 Å². The Balaban J connectivity index is 3.16. The first-order chi connectivity index (χ1) is 7.26. The molecule has 0 radical (unpaired) electrons. The van der Waals surface area contributed by atoms with Crippen LogP contribution in [0.5, 0.6) is 0 Å². The number of rotatable bonds is 2. The number of ketones is 1. The zero-order valence-corrected chi connectivity index (χ0v) is 11.4. The molecular weight excluding hydrogens is 196 g/mol. The lowest BCUT2D eigenvalue weighted by atomic mass is 9.63. The molecule has 1 aliphatic rings. The second kappa shape index (κ2) is 4.57. The summed E-state index contributed by atoms with van der Waals surface area (Å²) in [6.45, 7) is 13.0. The highest BCUT2D eigenvalue weighted by molar-refractivity contribution is 5.87. The Morgan fingerprint density at radius 2 is 1.94 bits per heavy atom. The molecule has 0 amide bonds. The van der Waals surface area contributed by atoms with Gasteiger partial charge in [-0.2, -0.15) is 0 Å². The molecule has 0 aliphatic heterocycles. The fraction of sp³-hybridized carbons (Fsp3) is 0.667. The summed E-state index contributed by atoms with van der Waals surface area (Å²) in [7, 11) is 0. The third-order valence-corrected chi connectivity index (χ3v) is 4.28. The molecule has 0 bridgehead atoms. The van der Waals surface area contributed by atoms with Gasteiger partial charge in [0.05, 0.1) is 0 Å². The van der Waals surface area contributed by atoms with Gasteiger partial charge in [-0.1, -0.05) is 39.3 Å². The summed E-state index contributed by atoms with van der Waals surface area (Å²) < 4.78 is 0. The number of allylic oxidation sites excluding steroid dienone is 4. The summed E-state index contributed by atoms with van der Waals surface area (Å²) in [6, 6.07) is 0. The Morgan fingerprint density at radius 1 is 1.38 bits per heavy atom. The molecule has 0 saturated heterocycles. The molecule has 16 heavy (non-hydrogen) atoms. The van der Waals surface area contributed by atoms with Crippen molar-refractivity contribution in [2.75, 3.05) is 0 Å². The van der Waals surface area contributed by atoms with Gasteiger partial charge in [0, 0.05) is 0 Å². The van der Waals surface area contributed by atoms with Crippen LogP contribution in [0.4, 0.5) is 0 Å². The van der Waals surface area contributed by atoms with Gasteiger partial charge in [-0.25, -0.2) is 0 Å². The molecular formula is C15H24O. The lowest BCUT2D eigenvalue weighted by Gasteiger charge is -2.41. The monoisotopic (exact) mass is 220 g/mol. The normalized spacial score (nSPS) is 29.9. The van der Waals surface area contributed by atoms with E-state index in [1.54, 1.807) is 13.0 Å². The predicted octanol–water partition coefficient (Wildman–Crippen LogP) is 4.15. The van der Waals surface area contributed by atoms with Crippen LogP contribution in [0.1, 0.15) is 48.0 Å². The second-order valence-corrected chi connectivity index (χ2v) is 5.80. The SMILES string of the molecule is CC(=O)/C=C/C1=C(C)C(C)CC(C)C1(C)C. The highest BCUT2D eigenvalue weighted by Gasteiger charge is 2.35. The average molecular weight is 220 g/mol. The van der Waals surface area contributed by atoms with Gasteiger partial charge < -0.3 is 0 Å². The minimum absolute atomic E-state index is 0.127. The number of hydrogen-bond acceptors (Lipinski definition) is 1. The van der Waals surface area contributed by atoms with Crippen molar-refractivity contribution in [2.45, 2.75) is 48.0 Å². The van der Waals surface area contributed by atoms with Crippen molar-refractivity contribution in [3.05, 3.63) is 23.3 Å². The maximum Gasteiger partial charge on any atom is 0.152 e. The number of hydrogen-bond donors (Lipinski definition) is 0. The molecule has 0 heterocycles. The van der Waals surface area contributed by atoms with Crippen LogP contribution in [0, 0.1) is 17.3 Å². The first-order valence-electron chi connectivity index (χ1n) is 6.16. The van der Waals surface area contributed by atoms with E-state index >= 15 is 0 Å². The zero-order chi connectivity index (χ0) is 12.5. The van der Waals surface area contributed by atoms with Gasteiger partial charge in [0.1, 0.15) is 0 Å². The third-order valence-electron chi connectivity index (χ3n) is 4.28. The standard InChI is InChI=1S/C15H24O/c1-10-9-11(2)15(5,6)14(13(10)4)8-7-12(3)16/h7-8,10-11H,9H2,1-6H3/b8-7+. The molecule has 1 rings (SSSR count). The summed E-state index contributed by atoms with van der Waals surface area (Å²) in [5.74, 6) is 1.43. The van der Waals surface area contributed by atoms with E-state index in [-0.39, 0.29) is 11.2 Å². The van der Waals surface area contributed by atoms with E-state index in [2.05, 4.69) is 34.6 Å². The Morgan fingerprint density at radius 3 is 2.44 bits per heavy atom. The van der Waals surface area contributed by atoms with Crippen molar-refractivity contribution in [2.24, 2.45) is 17.3 Å². The number of carbonyl (C=O) groups excluding carboxylic acids is 1. The van der Waals surface area contributed by atoms with Crippen LogP contribution in [0.2, 0.25) is 0 Å². The maximum atomic E-state index is 11.1. The first-order valence-corrected chi connectivity index (χ1v) is 6.16. The molecule has 1 nitrogen and oxygen atoms in total. The minimum atomic E-state index is 0.127. The lowest BCUT2D eigenvalue weighted by Crippen LogP contribution is -2.31. The fourth-order valence-electron chi connectivity index (χ4n) is 2.59. The lowest BCUT2D eigenvalue weighted by molar-refractivity contribution is -0.112. The largest absolute Gasteiger partial charge is 0.295 e. The van der Waals surface area contributed by atoms with E-state index < -0.39 is 0 Å². The average Bonchev–Trinajstić information content (AvgIpc) is 2.14. The maximum absolute atomic E-state index is 11.1. The quantitative estimate of drug-likeness (QED) is 0.639. The van der Waals surface area contributed by atoms with Crippen LogP contribution in [-0.2, 0) is 4.79 Å². The molecule has 0 saturated carbocycles. The first kappa shape index (κ1) is 13.2. The molecule has 1 heteroatoms. The van der Waals surface area contributed by atoms with Gasteiger partial charge in [-0.3, -0.25) is 4.79 Å². The van der Waals surface area contributed by atoms with Crippen molar-refractivity contribution in [1.29, 1.82) is 0 Å². The molecule has 0 spiro atoms. The predicted molar refractivity (Wildman–Crippen MR) is 69.2 cm³/mol. The number of carbonyl (C=O) groups is 1. The summed E-state index contributed by atoms with van der Waals surface area (Å²) >= 11 is 0. The van der Waals surface area contributed by atoms with Gasteiger partial charge in [0.15, 0.2) is 5.78 Å². The van der Waals surface area contributed by atoms with Gasteiger partial charge in [0.25, 0.3) is 0 Å². The van der Waals surface area contributed by atoms with E-state index in [1.165, 1.54) is 17.6 Å². The molecule has 1 aliphatic carbocycles. The van der Waals surface area contributed by atoms with Crippen LogP contribution in [0.25, 0.3) is 0 Å². The summed E-state index contributed by atoms with van der Waals surface area (Å²) in [5, 5.41) is 0. The van der Waals surface area contributed by atoms with Crippen LogP contribution in [-0.4, -0.2) is 5.78 Å². The summed E-state index contributed by atoms with van der Waals surface area (Å²) in [4.78, 5) is 11.1. The van der Waals surface area contributed by atoms with E-state index in [1.807, 2.05) is 6.08 Å². The van der Waals surface area contributed by atoms with E-state index in [9.17, 15) is 4.79 Å². The Labute approximate surface area is 99.6 Å². The Hall–Kier alpha value is -0.850. The smallest absolute Gasteiger partial charge is 0.152 e. The molecule has 0 aromatic heterocycles.